The molecule has 0 aliphatic rings. The van der Waals surface area contributed by atoms with E-state index < -0.39 is 11.4 Å². The number of carboxylic acids is 1. The summed E-state index contributed by atoms with van der Waals surface area (Å²) in [4.78, 5) is 11.8. The van der Waals surface area contributed by atoms with Crippen molar-refractivity contribution in [2.45, 2.75) is 57.8 Å². The Labute approximate surface area is 110 Å². The first-order valence-corrected chi connectivity index (χ1v) is 6.96. The van der Waals surface area contributed by atoms with E-state index in [1.54, 1.807) is 0 Å². The molecule has 1 rings (SSSR count). The number of aliphatic carboxylic acids is 1. The molecule has 0 spiro atoms. The Morgan fingerprint density at radius 2 is 1.72 bits per heavy atom. The highest BCUT2D eigenvalue weighted by atomic mass is 16.4. The maximum Gasteiger partial charge on any atom is 0.314 e. The fraction of sp³-hybridized carbons (Fsp3) is 0.562. The largest absolute Gasteiger partial charge is 0.481 e. The minimum Gasteiger partial charge on any atom is -0.481 e. The SMILES string of the molecule is CCCCCC(CCC)(C(=O)O)c1ccccc1. The lowest BCUT2D eigenvalue weighted by molar-refractivity contribution is -0.144. The van der Waals surface area contributed by atoms with Crippen molar-refractivity contribution in [3.8, 4) is 0 Å². The summed E-state index contributed by atoms with van der Waals surface area (Å²) in [5.41, 5.74) is 0.265. The molecule has 0 aromatic heterocycles. The van der Waals surface area contributed by atoms with E-state index in [9.17, 15) is 9.90 Å². The maximum atomic E-state index is 11.8. The normalized spacial score (nSPS) is 14.1. The highest BCUT2D eigenvalue weighted by Crippen LogP contribution is 2.35. The smallest absolute Gasteiger partial charge is 0.314 e. The summed E-state index contributed by atoms with van der Waals surface area (Å²) in [6.45, 7) is 4.20. The third-order valence-corrected chi connectivity index (χ3v) is 3.62. The zero-order valence-electron chi connectivity index (χ0n) is 11.5. The molecule has 18 heavy (non-hydrogen) atoms. The first kappa shape index (κ1) is 14.7. The molecule has 0 heterocycles. The zero-order chi connectivity index (χ0) is 13.4. The van der Waals surface area contributed by atoms with E-state index in [4.69, 9.17) is 0 Å². The molecule has 0 bridgehead atoms. The van der Waals surface area contributed by atoms with Gasteiger partial charge in [-0.05, 0) is 18.4 Å². The van der Waals surface area contributed by atoms with E-state index in [0.717, 1.165) is 44.1 Å². The van der Waals surface area contributed by atoms with E-state index in [0.29, 0.717) is 0 Å². The Kier molecular flexibility index (Phi) is 5.90. The summed E-state index contributed by atoms with van der Waals surface area (Å²) in [5, 5.41) is 9.71. The summed E-state index contributed by atoms with van der Waals surface area (Å²) >= 11 is 0. The topological polar surface area (TPSA) is 37.3 Å². The standard InChI is InChI=1S/C16H24O2/c1-3-5-9-13-16(12-4-2,15(17)18)14-10-7-6-8-11-14/h6-8,10-11H,3-5,9,12-13H2,1-2H3,(H,17,18). The van der Waals surface area contributed by atoms with Gasteiger partial charge >= 0.3 is 5.97 Å². The lowest BCUT2D eigenvalue weighted by atomic mass is 9.73. The van der Waals surface area contributed by atoms with Crippen molar-refractivity contribution in [1.29, 1.82) is 0 Å². The minimum atomic E-state index is -0.689. The number of hydrogen-bond acceptors (Lipinski definition) is 1. The van der Waals surface area contributed by atoms with Gasteiger partial charge in [-0.25, -0.2) is 0 Å². The molecule has 1 N–H and O–H groups in total. The first-order valence-electron chi connectivity index (χ1n) is 6.96. The fourth-order valence-electron chi connectivity index (χ4n) is 2.61. The minimum absolute atomic E-state index is 0.674. The average Bonchev–Trinajstić information content (AvgIpc) is 2.38. The molecular formula is C16H24O2. The van der Waals surface area contributed by atoms with Gasteiger partial charge in [-0.1, -0.05) is 69.9 Å². The summed E-state index contributed by atoms with van der Waals surface area (Å²) in [5.74, 6) is -0.674. The molecule has 0 aliphatic heterocycles. The third-order valence-electron chi connectivity index (χ3n) is 3.62. The molecule has 0 fully saturated rings. The molecule has 1 aromatic rings. The number of carbonyl (C=O) groups is 1. The predicted octanol–water partition coefficient (Wildman–Crippen LogP) is 4.39. The molecular weight excluding hydrogens is 224 g/mol. The van der Waals surface area contributed by atoms with Crippen LogP contribution in [0.1, 0.15) is 57.9 Å². The van der Waals surface area contributed by atoms with Gasteiger partial charge in [-0.2, -0.15) is 0 Å². The Balaban J connectivity index is 3.01. The molecule has 2 nitrogen and oxygen atoms in total. The fourth-order valence-corrected chi connectivity index (χ4v) is 2.61. The average molecular weight is 248 g/mol. The van der Waals surface area contributed by atoms with Crippen LogP contribution in [-0.2, 0) is 10.2 Å². The van der Waals surface area contributed by atoms with Crippen molar-refractivity contribution in [2.75, 3.05) is 0 Å². The number of hydrogen-bond donors (Lipinski definition) is 1. The summed E-state index contributed by atoms with van der Waals surface area (Å²) in [7, 11) is 0. The van der Waals surface area contributed by atoms with E-state index >= 15 is 0 Å². The van der Waals surface area contributed by atoms with Gasteiger partial charge in [0.05, 0.1) is 5.41 Å². The van der Waals surface area contributed by atoms with Crippen LogP contribution in [0.15, 0.2) is 30.3 Å². The van der Waals surface area contributed by atoms with Crippen molar-refractivity contribution in [3.05, 3.63) is 35.9 Å². The monoisotopic (exact) mass is 248 g/mol. The molecule has 1 unspecified atom stereocenters. The van der Waals surface area contributed by atoms with Gasteiger partial charge < -0.3 is 5.11 Å². The van der Waals surface area contributed by atoms with E-state index in [2.05, 4.69) is 13.8 Å². The molecule has 100 valence electrons. The molecule has 2 heteroatoms. The second kappa shape index (κ2) is 7.20. The molecule has 0 saturated carbocycles. The maximum absolute atomic E-state index is 11.8. The van der Waals surface area contributed by atoms with E-state index in [-0.39, 0.29) is 0 Å². The lowest BCUT2D eigenvalue weighted by Gasteiger charge is -2.30. The second-order valence-electron chi connectivity index (χ2n) is 4.96. The Hall–Kier alpha value is -1.31. The van der Waals surface area contributed by atoms with Crippen molar-refractivity contribution in [2.24, 2.45) is 0 Å². The van der Waals surface area contributed by atoms with Crippen LogP contribution in [0.4, 0.5) is 0 Å². The van der Waals surface area contributed by atoms with Gasteiger partial charge in [-0.15, -0.1) is 0 Å². The molecule has 0 aliphatic carbocycles. The molecule has 0 radical (unpaired) electrons. The van der Waals surface area contributed by atoms with Gasteiger partial charge in [-0.3, -0.25) is 4.79 Å². The summed E-state index contributed by atoms with van der Waals surface area (Å²) < 4.78 is 0. The highest BCUT2D eigenvalue weighted by Gasteiger charge is 2.38. The number of rotatable bonds is 8. The molecule has 0 saturated heterocycles. The predicted molar refractivity (Wildman–Crippen MR) is 74.8 cm³/mol. The van der Waals surface area contributed by atoms with Crippen molar-refractivity contribution >= 4 is 5.97 Å². The summed E-state index contributed by atoms with van der Waals surface area (Å²) in [6, 6.07) is 9.71. The zero-order valence-corrected chi connectivity index (χ0v) is 11.5. The van der Waals surface area contributed by atoms with Crippen molar-refractivity contribution in [1.82, 2.24) is 0 Å². The van der Waals surface area contributed by atoms with Gasteiger partial charge in [0.25, 0.3) is 0 Å². The van der Waals surface area contributed by atoms with Crippen LogP contribution < -0.4 is 0 Å². The molecule has 0 amide bonds. The third kappa shape index (κ3) is 3.34. The molecule has 1 atom stereocenters. The summed E-state index contributed by atoms with van der Waals surface area (Å²) in [6.07, 6.45) is 5.57. The first-order chi connectivity index (χ1) is 8.67. The highest BCUT2D eigenvalue weighted by molar-refractivity contribution is 5.81. The van der Waals surface area contributed by atoms with Crippen LogP contribution >= 0.6 is 0 Å². The lowest BCUT2D eigenvalue weighted by Crippen LogP contribution is -2.35. The van der Waals surface area contributed by atoms with Crippen LogP contribution in [0.5, 0.6) is 0 Å². The molecule has 1 aromatic carbocycles. The number of benzene rings is 1. The van der Waals surface area contributed by atoms with Crippen molar-refractivity contribution in [3.63, 3.8) is 0 Å². The number of unbranched alkanes of at least 4 members (excludes halogenated alkanes) is 2. The van der Waals surface area contributed by atoms with Crippen LogP contribution in [0.25, 0.3) is 0 Å². The van der Waals surface area contributed by atoms with Gasteiger partial charge in [0.1, 0.15) is 0 Å². The van der Waals surface area contributed by atoms with Gasteiger partial charge in [0.2, 0.25) is 0 Å². The Morgan fingerprint density at radius 3 is 2.22 bits per heavy atom. The van der Waals surface area contributed by atoms with Crippen molar-refractivity contribution < 1.29 is 9.90 Å². The van der Waals surface area contributed by atoms with Gasteiger partial charge in [0.15, 0.2) is 0 Å². The number of carboxylic acid groups (broad SMARTS) is 1. The van der Waals surface area contributed by atoms with E-state index in [1.807, 2.05) is 30.3 Å². The van der Waals surface area contributed by atoms with Crippen LogP contribution in [0, 0.1) is 0 Å². The Morgan fingerprint density at radius 1 is 1.06 bits per heavy atom. The van der Waals surface area contributed by atoms with Gasteiger partial charge in [0, 0.05) is 0 Å². The van der Waals surface area contributed by atoms with E-state index in [1.165, 1.54) is 0 Å². The Bertz CT molecular complexity index is 359. The van der Waals surface area contributed by atoms with Crippen LogP contribution in [-0.4, -0.2) is 11.1 Å². The van der Waals surface area contributed by atoms with Crippen LogP contribution in [0.2, 0.25) is 0 Å². The van der Waals surface area contributed by atoms with Crippen LogP contribution in [0.3, 0.4) is 0 Å². The second-order valence-corrected chi connectivity index (χ2v) is 4.96. The quantitative estimate of drug-likeness (QED) is 0.693.